The molecule has 1 aromatic rings. The van der Waals surface area contributed by atoms with Crippen LogP contribution in [0.5, 0.6) is 11.5 Å². The van der Waals surface area contributed by atoms with E-state index in [4.69, 9.17) is 15.2 Å². The van der Waals surface area contributed by atoms with Gasteiger partial charge in [-0.25, -0.2) is 0 Å². The third-order valence-electron chi connectivity index (χ3n) is 5.14. The molecule has 3 nitrogen and oxygen atoms in total. The molecule has 3 heteroatoms. The maximum Gasteiger partial charge on any atom is 0.119 e. The lowest BCUT2D eigenvalue weighted by molar-refractivity contribution is 0.117. The van der Waals surface area contributed by atoms with Crippen molar-refractivity contribution >= 4 is 0 Å². The second kappa shape index (κ2) is 7.69. The highest BCUT2D eigenvalue weighted by atomic mass is 16.5. The van der Waals surface area contributed by atoms with E-state index in [1.165, 1.54) is 32.1 Å². The Hall–Kier alpha value is -1.22. The molecule has 0 unspecified atom stereocenters. The van der Waals surface area contributed by atoms with Gasteiger partial charge in [-0.15, -0.1) is 0 Å². The molecule has 0 spiro atoms. The van der Waals surface area contributed by atoms with Gasteiger partial charge in [0.15, 0.2) is 0 Å². The summed E-state index contributed by atoms with van der Waals surface area (Å²) in [6.45, 7) is 3.84. The average molecular weight is 291 g/mol. The van der Waals surface area contributed by atoms with Crippen molar-refractivity contribution in [2.75, 3.05) is 20.3 Å². The SMILES string of the molecule is CCC1CCC(CN)(CCOc2ccc(OC)cc2)CC1. The Morgan fingerprint density at radius 3 is 2.29 bits per heavy atom. The van der Waals surface area contributed by atoms with Crippen molar-refractivity contribution in [3.05, 3.63) is 24.3 Å². The van der Waals surface area contributed by atoms with Crippen LogP contribution in [0, 0.1) is 11.3 Å². The topological polar surface area (TPSA) is 44.5 Å². The Morgan fingerprint density at radius 2 is 1.76 bits per heavy atom. The summed E-state index contributed by atoms with van der Waals surface area (Å²) in [5, 5.41) is 0. The lowest BCUT2D eigenvalue weighted by Crippen LogP contribution is -2.36. The fraction of sp³-hybridized carbons (Fsp3) is 0.667. The minimum Gasteiger partial charge on any atom is -0.497 e. The van der Waals surface area contributed by atoms with E-state index in [2.05, 4.69) is 6.92 Å². The van der Waals surface area contributed by atoms with E-state index in [0.29, 0.717) is 5.41 Å². The molecule has 1 aliphatic carbocycles. The molecule has 2 rings (SSSR count). The molecule has 1 saturated carbocycles. The summed E-state index contributed by atoms with van der Waals surface area (Å²) in [6.07, 6.45) is 7.55. The molecule has 118 valence electrons. The first-order chi connectivity index (χ1) is 10.2. The zero-order valence-corrected chi connectivity index (χ0v) is 13.4. The van der Waals surface area contributed by atoms with Gasteiger partial charge in [0.2, 0.25) is 0 Å². The van der Waals surface area contributed by atoms with Gasteiger partial charge in [-0.3, -0.25) is 0 Å². The van der Waals surface area contributed by atoms with Gasteiger partial charge in [-0.2, -0.15) is 0 Å². The Kier molecular flexibility index (Phi) is 5.92. The van der Waals surface area contributed by atoms with Gasteiger partial charge in [-0.1, -0.05) is 13.3 Å². The highest BCUT2D eigenvalue weighted by Gasteiger charge is 2.33. The van der Waals surface area contributed by atoms with Crippen LogP contribution >= 0.6 is 0 Å². The van der Waals surface area contributed by atoms with E-state index in [-0.39, 0.29) is 0 Å². The predicted octanol–water partition coefficient (Wildman–Crippen LogP) is 4.01. The van der Waals surface area contributed by atoms with Crippen LogP contribution < -0.4 is 15.2 Å². The predicted molar refractivity (Wildman–Crippen MR) is 86.8 cm³/mol. The van der Waals surface area contributed by atoms with Crippen molar-refractivity contribution in [1.29, 1.82) is 0 Å². The molecular formula is C18H29NO2. The van der Waals surface area contributed by atoms with Gasteiger partial charge < -0.3 is 15.2 Å². The van der Waals surface area contributed by atoms with Crippen LogP contribution in [0.3, 0.4) is 0 Å². The summed E-state index contributed by atoms with van der Waals surface area (Å²) in [7, 11) is 1.67. The summed E-state index contributed by atoms with van der Waals surface area (Å²) in [5.74, 6) is 2.68. The second-order valence-corrected chi connectivity index (χ2v) is 6.33. The molecule has 0 aromatic heterocycles. The molecule has 0 radical (unpaired) electrons. The van der Waals surface area contributed by atoms with Gasteiger partial charge in [0.05, 0.1) is 13.7 Å². The molecule has 0 aliphatic heterocycles. The minimum absolute atomic E-state index is 0.304. The zero-order chi connectivity index (χ0) is 15.1. The maximum absolute atomic E-state index is 6.07. The number of nitrogens with two attached hydrogens (primary N) is 1. The number of ether oxygens (including phenoxy) is 2. The summed E-state index contributed by atoms with van der Waals surface area (Å²) in [4.78, 5) is 0. The molecule has 1 aromatic carbocycles. The van der Waals surface area contributed by atoms with Crippen molar-refractivity contribution in [1.82, 2.24) is 0 Å². The van der Waals surface area contributed by atoms with Crippen LogP contribution in [0.2, 0.25) is 0 Å². The highest BCUT2D eigenvalue weighted by Crippen LogP contribution is 2.41. The third kappa shape index (κ3) is 4.37. The second-order valence-electron chi connectivity index (χ2n) is 6.33. The number of hydrogen-bond acceptors (Lipinski definition) is 3. The Morgan fingerprint density at radius 1 is 1.14 bits per heavy atom. The Balaban J connectivity index is 1.80. The first-order valence-corrected chi connectivity index (χ1v) is 8.18. The monoisotopic (exact) mass is 291 g/mol. The molecule has 0 atom stereocenters. The van der Waals surface area contributed by atoms with Crippen molar-refractivity contribution < 1.29 is 9.47 Å². The van der Waals surface area contributed by atoms with E-state index in [0.717, 1.165) is 37.0 Å². The van der Waals surface area contributed by atoms with E-state index in [1.807, 2.05) is 24.3 Å². The molecule has 2 N–H and O–H groups in total. The van der Waals surface area contributed by atoms with Crippen LogP contribution in [0.1, 0.15) is 45.4 Å². The number of benzene rings is 1. The van der Waals surface area contributed by atoms with Gasteiger partial charge in [0, 0.05) is 0 Å². The van der Waals surface area contributed by atoms with Crippen molar-refractivity contribution in [2.45, 2.75) is 45.4 Å². The van der Waals surface area contributed by atoms with Crippen LogP contribution in [-0.2, 0) is 0 Å². The van der Waals surface area contributed by atoms with Crippen molar-refractivity contribution in [3.63, 3.8) is 0 Å². The Labute approximate surface area is 128 Å². The van der Waals surface area contributed by atoms with E-state index < -0.39 is 0 Å². The van der Waals surface area contributed by atoms with Gasteiger partial charge in [0.25, 0.3) is 0 Å². The molecule has 1 fully saturated rings. The normalized spacial score (nSPS) is 25.6. The highest BCUT2D eigenvalue weighted by molar-refractivity contribution is 5.31. The summed E-state index contributed by atoms with van der Waals surface area (Å²) >= 11 is 0. The van der Waals surface area contributed by atoms with Crippen molar-refractivity contribution in [2.24, 2.45) is 17.1 Å². The number of hydrogen-bond donors (Lipinski definition) is 1. The van der Waals surface area contributed by atoms with Gasteiger partial charge >= 0.3 is 0 Å². The molecule has 21 heavy (non-hydrogen) atoms. The summed E-state index contributed by atoms with van der Waals surface area (Å²) in [6, 6.07) is 7.78. The number of rotatable bonds is 7. The molecule has 1 aliphatic rings. The summed E-state index contributed by atoms with van der Waals surface area (Å²) < 4.78 is 11.0. The largest absolute Gasteiger partial charge is 0.497 e. The standard InChI is InChI=1S/C18H29NO2/c1-3-15-8-10-18(14-19,11-9-15)12-13-21-17-6-4-16(20-2)5-7-17/h4-7,15H,3,8-14,19H2,1-2H3. The van der Waals surface area contributed by atoms with E-state index >= 15 is 0 Å². The maximum atomic E-state index is 6.07. The van der Waals surface area contributed by atoms with Crippen molar-refractivity contribution in [3.8, 4) is 11.5 Å². The smallest absolute Gasteiger partial charge is 0.119 e. The third-order valence-corrected chi connectivity index (χ3v) is 5.14. The Bertz CT molecular complexity index is 408. The zero-order valence-electron chi connectivity index (χ0n) is 13.4. The average Bonchev–Trinajstić information content (AvgIpc) is 2.56. The quantitative estimate of drug-likeness (QED) is 0.825. The van der Waals surface area contributed by atoms with Gasteiger partial charge in [-0.05, 0) is 74.2 Å². The van der Waals surface area contributed by atoms with Gasteiger partial charge in [0.1, 0.15) is 11.5 Å². The lowest BCUT2D eigenvalue weighted by Gasteiger charge is -2.39. The fourth-order valence-electron chi connectivity index (χ4n) is 3.31. The van der Waals surface area contributed by atoms with Crippen LogP contribution in [0.4, 0.5) is 0 Å². The lowest BCUT2D eigenvalue weighted by atomic mass is 9.68. The molecule has 0 saturated heterocycles. The van der Waals surface area contributed by atoms with E-state index in [9.17, 15) is 0 Å². The molecule has 0 bridgehead atoms. The first-order valence-electron chi connectivity index (χ1n) is 8.18. The van der Waals surface area contributed by atoms with Crippen LogP contribution in [0.25, 0.3) is 0 Å². The van der Waals surface area contributed by atoms with Crippen LogP contribution in [0.15, 0.2) is 24.3 Å². The first kappa shape index (κ1) is 16.2. The van der Waals surface area contributed by atoms with E-state index in [1.54, 1.807) is 7.11 Å². The van der Waals surface area contributed by atoms with Crippen LogP contribution in [-0.4, -0.2) is 20.3 Å². The number of methoxy groups -OCH3 is 1. The fourth-order valence-corrected chi connectivity index (χ4v) is 3.31. The molecule has 0 heterocycles. The molecule has 0 amide bonds. The minimum atomic E-state index is 0.304. The summed E-state index contributed by atoms with van der Waals surface area (Å²) in [5.41, 5.74) is 6.37. The molecular weight excluding hydrogens is 262 g/mol.